The highest BCUT2D eigenvalue weighted by Gasteiger charge is 2.49. The van der Waals surface area contributed by atoms with Crippen LogP contribution < -0.4 is 20.4 Å². The molecule has 6 atom stereocenters. The number of fused-ring (bicyclic) bond motifs is 1. The topological polar surface area (TPSA) is 130 Å². The molecule has 13 heteroatoms. The van der Waals surface area contributed by atoms with Crippen molar-refractivity contribution in [2.24, 2.45) is 5.92 Å². The molecule has 5 heterocycles. The first-order chi connectivity index (χ1) is 22.9. The van der Waals surface area contributed by atoms with Crippen LogP contribution in [0, 0.1) is 5.92 Å². The Balaban J connectivity index is 1.34. The number of pyridine rings is 1. The average molecular weight is 680 g/mol. The minimum Gasteiger partial charge on any atom is -0.378 e. The summed E-state index contributed by atoms with van der Waals surface area (Å²) in [6, 6.07) is 5.59. The summed E-state index contributed by atoms with van der Waals surface area (Å²) in [6.07, 6.45) is 6.08. The van der Waals surface area contributed by atoms with Gasteiger partial charge in [0.05, 0.1) is 34.4 Å². The molecule has 6 rings (SSSR count). The van der Waals surface area contributed by atoms with Gasteiger partial charge in [0, 0.05) is 72.9 Å². The molecule has 0 aliphatic carbocycles. The number of ether oxygens (including phenoxy) is 1. The van der Waals surface area contributed by atoms with Crippen LogP contribution in [0.3, 0.4) is 0 Å². The minimum atomic E-state index is -3.20. The van der Waals surface area contributed by atoms with Crippen LogP contribution in [-0.4, -0.2) is 84.8 Å². The van der Waals surface area contributed by atoms with E-state index in [2.05, 4.69) is 34.0 Å². The van der Waals surface area contributed by atoms with Crippen LogP contribution in [0.15, 0.2) is 43.2 Å². The van der Waals surface area contributed by atoms with Gasteiger partial charge in [-0.25, -0.2) is 27.8 Å². The Hall–Kier alpha value is -3.84. The number of nitrogens with zero attached hydrogens (tertiary/aromatic N) is 5. The smallest absolute Gasteiger partial charge is 0.247 e. The highest BCUT2D eigenvalue weighted by Crippen LogP contribution is 2.45. The van der Waals surface area contributed by atoms with Crippen molar-refractivity contribution in [1.82, 2.24) is 15.0 Å². The van der Waals surface area contributed by atoms with E-state index in [-0.39, 0.29) is 40.8 Å². The Morgan fingerprint density at radius 1 is 1.17 bits per heavy atom. The molecule has 3 aromatic rings. The van der Waals surface area contributed by atoms with Crippen molar-refractivity contribution in [2.45, 2.75) is 88.1 Å². The molecular formula is C35H46FN7O4S. The lowest BCUT2D eigenvalue weighted by atomic mass is 9.83. The van der Waals surface area contributed by atoms with Gasteiger partial charge in [-0.3, -0.25) is 4.79 Å². The van der Waals surface area contributed by atoms with E-state index in [1.165, 1.54) is 13.2 Å². The van der Waals surface area contributed by atoms with Crippen LogP contribution in [0.5, 0.6) is 0 Å². The molecule has 3 aliphatic rings. The fraction of sp³-hybridized carbons (Fsp3) is 0.543. The van der Waals surface area contributed by atoms with E-state index in [0.717, 1.165) is 29.5 Å². The lowest BCUT2D eigenvalue weighted by molar-refractivity contribution is -0.111. The van der Waals surface area contributed by atoms with Crippen molar-refractivity contribution >= 4 is 55.5 Å². The van der Waals surface area contributed by atoms with Crippen LogP contribution in [0.25, 0.3) is 10.9 Å². The van der Waals surface area contributed by atoms with Crippen LogP contribution >= 0.6 is 0 Å². The maximum absolute atomic E-state index is 14.6. The SMILES string of the molecule is C=CC(=O)Nc1cc(N2CC(C3CCCC(C)S3(=O)=O)C2C)c2cnc(Nc3ccnc(N4CC[C@@H](OC)[C@@H](F)C4)c3)nc2c1C(C)C. The van der Waals surface area contributed by atoms with Gasteiger partial charge in [-0.15, -0.1) is 0 Å². The Morgan fingerprint density at radius 2 is 1.96 bits per heavy atom. The van der Waals surface area contributed by atoms with Gasteiger partial charge >= 0.3 is 0 Å². The minimum absolute atomic E-state index is 0.00366. The van der Waals surface area contributed by atoms with Crippen molar-refractivity contribution in [3.8, 4) is 0 Å². The van der Waals surface area contributed by atoms with E-state index >= 15 is 0 Å². The largest absolute Gasteiger partial charge is 0.378 e. The number of amides is 1. The van der Waals surface area contributed by atoms with Gasteiger partial charge in [0.1, 0.15) is 12.0 Å². The number of methoxy groups -OCH3 is 1. The lowest BCUT2D eigenvalue weighted by Gasteiger charge is -2.52. The molecule has 0 spiro atoms. The molecular weight excluding hydrogens is 633 g/mol. The number of hydrogen-bond donors (Lipinski definition) is 2. The maximum atomic E-state index is 14.6. The molecule has 11 nitrogen and oxygen atoms in total. The van der Waals surface area contributed by atoms with Crippen molar-refractivity contribution in [3.05, 3.63) is 48.8 Å². The normalized spacial score (nSPS) is 27.1. The van der Waals surface area contributed by atoms with Crippen LogP contribution in [-0.2, 0) is 19.4 Å². The van der Waals surface area contributed by atoms with Crippen LogP contribution in [0.4, 0.5) is 33.2 Å². The zero-order chi connectivity index (χ0) is 34.3. The predicted molar refractivity (Wildman–Crippen MR) is 189 cm³/mol. The summed E-state index contributed by atoms with van der Waals surface area (Å²) in [5, 5.41) is 6.44. The molecule has 3 fully saturated rings. The van der Waals surface area contributed by atoms with E-state index in [1.807, 2.05) is 43.9 Å². The van der Waals surface area contributed by atoms with Gasteiger partial charge in [0.2, 0.25) is 11.9 Å². The van der Waals surface area contributed by atoms with E-state index in [0.29, 0.717) is 54.6 Å². The molecule has 0 saturated carbocycles. The Labute approximate surface area is 282 Å². The third-order valence-corrected chi connectivity index (χ3v) is 13.2. The van der Waals surface area contributed by atoms with Gasteiger partial charge in [0.15, 0.2) is 9.84 Å². The molecule has 1 aromatic carbocycles. The second-order valence-electron chi connectivity index (χ2n) is 13.6. The Bertz CT molecular complexity index is 1800. The third-order valence-electron chi connectivity index (χ3n) is 10.4. The number of rotatable bonds is 9. The summed E-state index contributed by atoms with van der Waals surface area (Å²) in [5.41, 5.74) is 3.71. The quantitative estimate of drug-likeness (QED) is 0.269. The number of piperidine rings is 1. The fourth-order valence-electron chi connectivity index (χ4n) is 7.60. The molecule has 48 heavy (non-hydrogen) atoms. The van der Waals surface area contributed by atoms with E-state index in [1.54, 1.807) is 12.4 Å². The summed E-state index contributed by atoms with van der Waals surface area (Å²) in [4.78, 5) is 30.9. The number of hydrogen-bond acceptors (Lipinski definition) is 10. The van der Waals surface area contributed by atoms with Crippen molar-refractivity contribution in [2.75, 3.05) is 47.2 Å². The number of nitrogens with one attached hydrogen (secondary N) is 2. The second kappa shape index (κ2) is 13.6. The third kappa shape index (κ3) is 6.34. The van der Waals surface area contributed by atoms with Gasteiger partial charge in [-0.1, -0.05) is 26.8 Å². The highest BCUT2D eigenvalue weighted by atomic mass is 32.2. The monoisotopic (exact) mass is 679 g/mol. The second-order valence-corrected chi connectivity index (χ2v) is 16.2. The molecule has 3 saturated heterocycles. The van der Waals surface area contributed by atoms with Gasteiger partial charge in [-0.05, 0) is 57.2 Å². The number of halogens is 1. The summed E-state index contributed by atoms with van der Waals surface area (Å²) in [5.74, 6) is 0.683. The first-order valence-corrected chi connectivity index (χ1v) is 18.4. The van der Waals surface area contributed by atoms with Crippen molar-refractivity contribution in [1.29, 1.82) is 0 Å². The predicted octanol–water partition coefficient (Wildman–Crippen LogP) is 5.76. The summed E-state index contributed by atoms with van der Waals surface area (Å²) >= 11 is 0. The number of carbonyl (C=O) groups excluding carboxylic acids is 1. The highest BCUT2D eigenvalue weighted by molar-refractivity contribution is 7.92. The summed E-state index contributed by atoms with van der Waals surface area (Å²) < 4.78 is 46.5. The van der Waals surface area contributed by atoms with Crippen LogP contribution in [0.2, 0.25) is 0 Å². The van der Waals surface area contributed by atoms with Gasteiger partial charge in [-0.2, -0.15) is 0 Å². The molecule has 1 amide bonds. The number of alkyl halides is 1. The maximum Gasteiger partial charge on any atom is 0.247 e. The van der Waals surface area contributed by atoms with Gasteiger partial charge < -0.3 is 25.2 Å². The molecule has 0 radical (unpaired) electrons. The van der Waals surface area contributed by atoms with Crippen LogP contribution in [0.1, 0.15) is 64.9 Å². The number of carbonyl (C=O) groups is 1. The summed E-state index contributed by atoms with van der Waals surface area (Å²) in [6.45, 7) is 13.0. The number of benzene rings is 1. The number of sulfone groups is 1. The lowest BCUT2D eigenvalue weighted by Crippen LogP contribution is -2.61. The van der Waals surface area contributed by atoms with E-state index < -0.39 is 22.1 Å². The molecule has 3 aliphatic heterocycles. The zero-order valence-electron chi connectivity index (χ0n) is 28.3. The first kappa shape index (κ1) is 34.0. The molecule has 0 bridgehead atoms. The molecule has 2 aromatic heterocycles. The molecule has 258 valence electrons. The average Bonchev–Trinajstić information content (AvgIpc) is 3.05. The molecule has 4 unspecified atom stereocenters. The Kier molecular flexibility index (Phi) is 9.63. The first-order valence-electron chi connectivity index (χ1n) is 16.8. The fourth-order valence-corrected chi connectivity index (χ4v) is 9.98. The Morgan fingerprint density at radius 3 is 2.65 bits per heavy atom. The van der Waals surface area contributed by atoms with Gasteiger partial charge in [0.25, 0.3) is 0 Å². The standard InChI is InChI=1S/C35H46FN7O4S/c1-7-32(44)40-27-16-28(43-18-25(22(43)5)30-10-8-9-21(4)48(30,45)46)24-17-38-35(41-34(24)33(27)20(2)3)39-23-11-13-37-31(15-23)42-14-12-29(47-6)26(36)19-42/h7,11,13,15-17,20-22,25-26,29-30H,1,8-10,12,14,18-19H2,2-6H3,(H,40,44)(H,37,38,39,41)/t21?,22?,25?,26-,29+,30?/m0/s1. The molecule has 2 N–H and O–H groups in total. The summed E-state index contributed by atoms with van der Waals surface area (Å²) in [7, 11) is -1.66. The number of aromatic nitrogens is 3. The number of anilines is 5. The van der Waals surface area contributed by atoms with E-state index in [9.17, 15) is 17.6 Å². The zero-order valence-corrected chi connectivity index (χ0v) is 29.1. The van der Waals surface area contributed by atoms with Crippen molar-refractivity contribution in [3.63, 3.8) is 0 Å². The van der Waals surface area contributed by atoms with Crippen molar-refractivity contribution < 1.29 is 22.3 Å². The van der Waals surface area contributed by atoms with E-state index in [4.69, 9.17) is 14.7 Å².